The van der Waals surface area contributed by atoms with E-state index in [1.54, 1.807) is 43.3 Å². The van der Waals surface area contributed by atoms with Crippen LogP contribution in [0.3, 0.4) is 0 Å². The van der Waals surface area contributed by atoms with E-state index in [1.807, 2.05) is 0 Å². The molecule has 1 aromatic heterocycles. The summed E-state index contributed by atoms with van der Waals surface area (Å²) in [7, 11) is 1.45. The minimum atomic E-state index is -4.94. The van der Waals surface area contributed by atoms with Crippen LogP contribution in [0.15, 0.2) is 54.7 Å². The first kappa shape index (κ1) is 27.3. The van der Waals surface area contributed by atoms with Gasteiger partial charge < -0.3 is 24.9 Å². The van der Waals surface area contributed by atoms with Gasteiger partial charge in [-0.25, -0.2) is 4.39 Å². The van der Waals surface area contributed by atoms with Crippen molar-refractivity contribution in [2.45, 2.75) is 19.1 Å². The molecule has 4 rings (SSSR count). The van der Waals surface area contributed by atoms with Gasteiger partial charge in [-0.05, 0) is 42.3 Å². The Morgan fingerprint density at radius 3 is 2.53 bits per heavy atom. The van der Waals surface area contributed by atoms with Crippen molar-refractivity contribution in [2.75, 3.05) is 25.6 Å². The Morgan fingerprint density at radius 1 is 1.13 bits per heavy atom. The van der Waals surface area contributed by atoms with Crippen molar-refractivity contribution >= 4 is 34.0 Å². The largest absolute Gasteiger partial charge is 0.497 e. The number of aliphatic hydroxyl groups is 1. The molecule has 200 valence electrons. The normalized spacial score (nSPS) is 12.4. The number of aryl methyl sites for hydroxylation is 1. The number of H-pyrrole nitrogens is 1. The number of rotatable bonds is 9. The Morgan fingerprint density at radius 2 is 1.87 bits per heavy atom. The van der Waals surface area contributed by atoms with Gasteiger partial charge in [0.05, 0.1) is 19.3 Å². The smallest absolute Gasteiger partial charge is 0.419 e. The van der Waals surface area contributed by atoms with Gasteiger partial charge >= 0.3 is 6.18 Å². The molecule has 11 heteroatoms. The van der Waals surface area contributed by atoms with Gasteiger partial charge in [0, 0.05) is 51.6 Å². The van der Waals surface area contributed by atoms with Crippen LogP contribution >= 0.6 is 11.6 Å². The van der Waals surface area contributed by atoms with Gasteiger partial charge in [0.15, 0.2) is 5.78 Å². The number of aliphatic hydroxyl groups excluding tert-OH is 1. The summed E-state index contributed by atoms with van der Waals surface area (Å²) in [5.41, 5.74) is 0.108. The Kier molecular flexibility index (Phi) is 7.84. The number of carbonyl (C=O) groups excluding carboxylic acids is 1. The van der Waals surface area contributed by atoms with Crippen LogP contribution in [0.5, 0.6) is 11.5 Å². The molecule has 0 spiro atoms. The number of aromatic nitrogens is 1. The van der Waals surface area contributed by atoms with Gasteiger partial charge in [0.2, 0.25) is 0 Å². The highest BCUT2D eigenvalue weighted by Crippen LogP contribution is 2.37. The van der Waals surface area contributed by atoms with E-state index in [0.717, 1.165) is 6.07 Å². The van der Waals surface area contributed by atoms with Crippen molar-refractivity contribution in [1.82, 2.24) is 4.98 Å². The van der Waals surface area contributed by atoms with Gasteiger partial charge in [-0.1, -0.05) is 17.7 Å². The predicted molar refractivity (Wildman–Crippen MR) is 136 cm³/mol. The molecule has 0 radical (unpaired) electrons. The minimum absolute atomic E-state index is 0.0265. The molecule has 0 fully saturated rings. The third-order valence-corrected chi connectivity index (χ3v) is 6.17. The standard InChI is InChI=1S/C27H23ClF4N2O4/c1-14-7-15(28)3-4-19(14)25(34-16-8-17(37-2)10-18(9-16)38-6-5-35)26(36)21-13-33-24-12-23(29)22(11-20(21)24)27(30,31)32/h3-4,7-13,25,33-35H,5-6H2,1-2H3. The zero-order valence-corrected chi connectivity index (χ0v) is 21.0. The SMILES string of the molecule is COc1cc(NC(C(=O)c2c[nH]c3cc(F)c(C(F)(F)F)cc23)c2ccc(Cl)cc2C)cc(OCCO)c1. The monoisotopic (exact) mass is 550 g/mol. The number of halogens is 5. The van der Waals surface area contributed by atoms with Crippen molar-refractivity contribution < 1.29 is 36.9 Å². The predicted octanol–water partition coefficient (Wildman–Crippen LogP) is 6.70. The molecule has 1 heterocycles. The van der Waals surface area contributed by atoms with Crippen molar-refractivity contribution in [3.63, 3.8) is 0 Å². The number of methoxy groups -OCH3 is 1. The highest BCUT2D eigenvalue weighted by atomic mass is 35.5. The summed E-state index contributed by atoms with van der Waals surface area (Å²) in [6.45, 7) is 1.56. The lowest BCUT2D eigenvalue weighted by atomic mass is 9.93. The van der Waals surface area contributed by atoms with Gasteiger partial charge in [-0.3, -0.25) is 4.79 Å². The lowest BCUT2D eigenvalue weighted by molar-refractivity contribution is -0.139. The first-order chi connectivity index (χ1) is 18.0. The van der Waals surface area contributed by atoms with E-state index in [4.69, 9.17) is 26.2 Å². The number of anilines is 1. The van der Waals surface area contributed by atoms with Crippen molar-refractivity contribution in [3.05, 3.63) is 87.8 Å². The fourth-order valence-corrected chi connectivity index (χ4v) is 4.38. The van der Waals surface area contributed by atoms with Gasteiger partial charge in [-0.15, -0.1) is 0 Å². The van der Waals surface area contributed by atoms with Gasteiger partial charge in [-0.2, -0.15) is 13.2 Å². The lowest BCUT2D eigenvalue weighted by Crippen LogP contribution is -2.22. The molecule has 0 aliphatic heterocycles. The highest BCUT2D eigenvalue weighted by molar-refractivity contribution is 6.30. The molecule has 6 nitrogen and oxygen atoms in total. The fourth-order valence-electron chi connectivity index (χ4n) is 4.15. The van der Waals surface area contributed by atoms with Gasteiger partial charge in [0.1, 0.15) is 30.0 Å². The Bertz CT molecular complexity index is 1490. The maximum atomic E-state index is 14.1. The van der Waals surface area contributed by atoms with Crippen LogP contribution in [0, 0.1) is 12.7 Å². The fraction of sp³-hybridized carbons (Fsp3) is 0.222. The number of fused-ring (bicyclic) bond motifs is 1. The zero-order chi connectivity index (χ0) is 27.6. The third-order valence-electron chi connectivity index (χ3n) is 5.93. The third kappa shape index (κ3) is 5.71. The molecule has 3 aromatic carbocycles. The summed E-state index contributed by atoms with van der Waals surface area (Å²) >= 11 is 6.12. The molecule has 1 atom stereocenters. The summed E-state index contributed by atoms with van der Waals surface area (Å²) in [5, 5.41) is 12.6. The van der Waals surface area contributed by atoms with E-state index < -0.39 is 29.4 Å². The van der Waals surface area contributed by atoms with Crippen molar-refractivity contribution in [3.8, 4) is 11.5 Å². The van der Waals surface area contributed by atoms with Crippen LogP contribution in [0.1, 0.15) is 33.1 Å². The summed E-state index contributed by atoms with van der Waals surface area (Å²) in [6, 6.07) is 9.98. The number of Topliss-reactive ketones (excluding diaryl/α,β-unsaturated/α-hetero) is 1. The molecule has 1 unspecified atom stereocenters. The molecule has 0 bridgehead atoms. The Hall–Kier alpha value is -3.76. The number of aromatic amines is 1. The van der Waals surface area contributed by atoms with Crippen molar-refractivity contribution in [1.29, 1.82) is 0 Å². The summed E-state index contributed by atoms with van der Waals surface area (Å²) in [5.74, 6) is -1.25. The number of nitrogens with one attached hydrogen (secondary N) is 2. The molecule has 38 heavy (non-hydrogen) atoms. The summed E-state index contributed by atoms with van der Waals surface area (Å²) in [6.07, 6.45) is -3.68. The Labute approximate surface area is 220 Å². The first-order valence-electron chi connectivity index (χ1n) is 11.4. The second-order valence-electron chi connectivity index (χ2n) is 8.49. The molecule has 0 amide bonds. The molecule has 0 aliphatic rings. The number of carbonyl (C=O) groups is 1. The number of benzene rings is 3. The van der Waals surface area contributed by atoms with Crippen LogP contribution in [0.4, 0.5) is 23.2 Å². The second kappa shape index (κ2) is 10.9. The molecule has 4 aromatic rings. The number of ketones is 1. The summed E-state index contributed by atoms with van der Waals surface area (Å²) < 4.78 is 65.2. The molecule has 3 N–H and O–H groups in total. The molecule has 0 saturated heterocycles. The second-order valence-corrected chi connectivity index (χ2v) is 8.93. The molecule has 0 saturated carbocycles. The van der Waals surface area contributed by atoms with E-state index in [2.05, 4.69) is 10.3 Å². The summed E-state index contributed by atoms with van der Waals surface area (Å²) in [4.78, 5) is 16.6. The number of hydrogen-bond acceptors (Lipinski definition) is 5. The van der Waals surface area contributed by atoms with E-state index in [9.17, 15) is 22.4 Å². The van der Waals surface area contributed by atoms with Crippen LogP contribution in [-0.4, -0.2) is 36.2 Å². The average molecular weight is 551 g/mol. The quantitative estimate of drug-likeness (QED) is 0.159. The Balaban J connectivity index is 1.83. The van der Waals surface area contributed by atoms with E-state index in [0.29, 0.717) is 39.4 Å². The molecule has 0 aliphatic carbocycles. The van der Waals surface area contributed by atoms with E-state index in [1.165, 1.54) is 13.3 Å². The van der Waals surface area contributed by atoms with Crippen LogP contribution < -0.4 is 14.8 Å². The number of alkyl halides is 3. The van der Waals surface area contributed by atoms with Crippen molar-refractivity contribution in [2.24, 2.45) is 0 Å². The van der Waals surface area contributed by atoms with Crippen LogP contribution in [0.2, 0.25) is 5.02 Å². The molecular formula is C27H23ClF4N2O4. The van der Waals surface area contributed by atoms with Gasteiger partial charge in [0.25, 0.3) is 0 Å². The molecular weight excluding hydrogens is 528 g/mol. The number of hydrogen-bond donors (Lipinski definition) is 3. The average Bonchev–Trinajstić information content (AvgIpc) is 3.27. The topological polar surface area (TPSA) is 83.6 Å². The van der Waals surface area contributed by atoms with Crippen LogP contribution in [0.25, 0.3) is 10.9 Å². The highest BCUT2D eigenvalue weighted by Gasteiger charge is 2.35. The lowest BCUT2D eigenvalue weighted by Gasteiger charge is -2.22. The maximum absolute atomic E-state index is 14.1. The first-order valence-corrected chi connectivity index (χ1v) is 11.8. The maximum Gasteiger partial charge on any atom is 0.419 e. The zero-order valence-electron chi connectivity index (χ0n) is 20.2. The minimum Gasteiger partial charge on any atom is -0.497 e. The van der Waals surface area contributed by atoms with E-state index in [-0.39, 0.29) is 29.7 Å². The van der Waals surface area contributed by atoms with E-state index >= 15 is 0 Å². The number of ether oxygens (including phenoxy) is 2. The van der Waals surface area contributed by atoms with Crippen LogP contribution in [-0.2, 0) is 6.18 Å².